The summed E-state index contributed by atoms with van der Waals surface area (Å²) >= 11 is 13.7. The van der Waals surface area contributed by atoms with Crippen molar-refractivity contribution < 1.29 is 14.3 Å². The molecule has 36 heavy (non-hydrogen) atoms. The van der Waals surface area contributed by atoms with E-state index in [1.807, 2.05) is 42.5 Å². The van der Waals surface area contributed by atoms with Crippen LogP contribution in [0.4, 0.5) is 11.4 Å². The number of carbonyl (C=O) groups excluding carboxylic acids is 2. The summed E-state index contributed by atoms with van der Waals surface area (Å²) in [7, 11) is 1.56. The highest BCUT2D eigenvalue weighted by molar-refractivity contribution is 8.00. The van der Waals surface area contributed by atoms with E-state index in [1.165, 1.54) is 11.8 Å². The van der Waals surface area contributed by atoms with Crippen LogP contribution in [-0.2, 0) is 4.79 Å². The highest BCUT2D eigenvalue weighted by Crippen LogP contribution is 2.37. The summed E-state index contributed by atoms with van der Waals surface area (Å²) in [5.74, 6) is 0.138. The molecule has 0 radical (unpaired) electrons. The number of anilines is 2. The molecule has 2 amide bonds. The minimum absolute atomic E-state index is 0.231. The van der Waals surface area contributed by atoms with Gasteiger partial charge < -0.3 is 15.4 Å². The van der Waals surface area contributed by atoms with Crippen LogP contribution in [0, 0.1) is 0 Å². The van der Waals surface area contributed by atoms with Crippen molar-refractivity contribution in [3.8, 4) is 5.75 Å². The fourth-order valence-corrected chi connectivity index (χ4v) is 4.77. The van der Waals surface area contributed by atoms with Crippen molar-refractivity contribution in [2.45, 2.75) is 10.1 Å². The van der Waals surface area contributed by atoms with Gasteiger partial charge in [0.15, 0.2) is 0 Å². The lowest BCUT2D eigenvalue weighted by atomic mass is 10.1. The molecule has 2 N–H and O–H groups in total. The summed E-state index contributed by atoms with van der Waals surface area (Å²) in [5, 5.41) is 6.11. The zero-order valence-corrected chi connectivity index (χ0v) is 21.5. The number of amides is 2. The molecule has 1 atom stereocenters. The van der Waals surface area contributed by atoms with Gasteiger partial charge in [-0.25, -0.2) is 0 Å². The van der Waals surface area contributed by atoms with Gasteiger partial charge >= 0.3 is 0 Å². The van der Waals surface area contributed by atoms with Gasteiger partial charge in [-0.15, -0.1) is 11.8 Å². The Hall–Kier alpha value is -3.45. The second-order valence-electron chi connectivity index (χ2n) is 7.73. The van der Waals surface area contributed by atoms with E-state index in [-0.39, 0.29) is 11.8 Å². The van der Waals surface area contributed by atoms with Crippen LogP contribution in [0.25, 0.3) is 0 Å². The maximum atomic E-state index is 13.3. The molecule has 182 valence electrons. The van der Waals surface area contributed by atoms with Crippen LogP contribution in [0.15, 0.2) is 102 Å². The van der Waals surface area contributed by atoms with E-state index in [2.05, 4.69) is 10.6 Å². The number of benzene rings is 4. The van der Waals surface area contributed by atoms with Crippen LogP contribution in [0.2, 0.25) is 10.0 Å². The Labute approximate surface area is 223 Å². The molecule has 0 aromatic heterocycles. The summed E-state index contributed by atoms with van der Waals surface area (Å²) in [6, 6.07) is 28.7. The lowest BCUT2D eigenvalue weighted by Gasteiger charge is -2.18. The normalized spacial score (nSPS) is 11.4. The summed E-state index contributed by atoms with van der Waals surface area (Å²) in [6.45, 7) is 0. The molecule has 0 bridgehead atoms. The quantitative estimate of drug-likeness (QED) is 0.226. The van der Waals surface area contributed by atoms with E-state index in [1.54, 1.807) is 61.7 Å². The molecule has 0 aliphatic carbocycles. The number of hydrogen-bond donors (Lipinski definition) is 2. The van der Waals surface area contributed by atoms with Gasteiger partial charge in [-0.3, -0.25) is 9.59 Å². The van der Waals surface area contributed by atoms with Crippen LogP contribution in [0.5, 0.6) is 5.75 Å². The number of halogens is 2. The Bertz CT molecular complexity index is 1370. The van der Waals surface area contributed by atoms with Gasteiger partial charge in [0.1, 0.15) is 11.0 Å². The molecule has 8 heteroatoms. The Morgan fingerprint density at radius 2 is 1.58 bits per heavy atom. The molecular formula is C28H22Cl2N2O3S. The van der Waals surface area contributed by atoms with Crippen LogP contribution in [0.3, 0.4) is 0 Å². The van der Waals surface area contributed by atoms with Crippen molar-refractivity contribution in [1.29, 1.82) is 0 Å². The first-order valence-electron chi connectivity index (χ1n) is 11.0. The second-order valence-corrected chi connectivity index (χ2v) is 9.75. The third kappa shape index (κ3) is 6.61. The van der Waals surface area contributed by atoms with Gasteiger partial charge in [0.2, 0.25) is 5.91 Å². The van der Waals surface area contributed by atoms with E-state index in [0.29, 0.717) is 32.7 Å². The number of nitrogens with one attached hydrogen (secondary N) is 2. The number of carbonyl (C=O) groups is 2. The second kappa shape index (κ2) is 12.0. The number of methoxy groups -OCH3 is 1. The van der Waals surface area contributed by atoms with Crippen LogP contribution in [0.1, 0.15) is 21.2 Å². The lowest BCUT2D eigenvalue weighted by Crippen LogP contribution is -2.19. The molecule has 4 rings (SSSR count). The highest BCUT2D eigenvalue weighted by atomic mass is 35.5. The summed E-state index contributed by atoms with van der Waals surface area (Å²) in [5.41, 5.74) is 2.42. The Balaban J connectivity index is 1.50. The Morgan fingerprint density at radius 1 is 0.833 bits per heavy atom. The van der Waals surface area contributed by atoms with Gasteiger partial charge in [0, 0.05) is 21.2 Å². The average Bonchev–Trinajstić information content (AvgIpc) is 2.90. The molecule has 0 saturated heterocycles. The number of rotatable bonds is 8. The van der Waals surface area contributed by atoms with Crippen LogP contribution < -0.4 is 15.4 Å². The van der Waals surface area contributed by atoms with Crippen molar-refractivity contribution in [2.24, 2.45) is 0 Å². The van der Waals surface area contributed by atoms with Crippen LogP contribution in [-0.4, -0.2) is 18.9 Å². The van der Waals surface area contributed by atoms with E-state index in [9.17, 15) is 9.59 Å². The number of thioether (sulfide) groups is 1. The molecule has 0 fully saturated rings. The predicted molar refractivity (Wildman–Crippen MR) is 148 cm³/mol. The molecule has 0 aliphatic heterocycles. The first-order chi connectivity index (χ1) is 17.4. The van der Waals surface area contributed by atoms with Crippen molar-refractivity contribution >= 4 is 58.2 Å². The predicted octanol–water partition coefficient (Wildman–Crippen LogP) is 7.73. The lowest BCUT2D eigenvalue weighted by molar-refractivity contribution is -0.115. The van der Waals surface area contributed by atoms with Gasteiger partial charge in [0.25, 0.3) is 5.91 Å². The summed E-state index contributed by atoms with van der Waals surface area (Å²) in [4.78, 5) is 26.8. The SMILES string of the molecule is COc1cccc(C(=O)Nc2ccc(SC(C(=O)Nc3cc(Cl)ccc3Cl)c3ccccc3)cc2)c1. The Kier molecular flexibility index (Phi) is 8.54. The smallest absolute Gasteiger partial charge is 0.255 e. The molecule has 4 aromatic rings. The van der Waals surface area contributed by atoms with Crippen LogP contribution >= 0.6 is 35.0 Å². The molecule has 4 aromatic carbocycles. The monoisotopic (exact) mass is 536 g/mol. The highest BCUT2D eigenvalue weighted by Gasteiger charge is 2.23. The number of ether oxygens (including phenoxy) is 1. The fourth-order valence-electron chi connectivity index (χ4n) is 3.41. The third-order valence-corrected chi connectivity index (χ3v) is 7.06. The third-order valence-electron chi connectivity index (χ3n) is 5.22. The molecule has 0 spiro atoms. The summed E-state index contributed by atoms with van der Waals surface area (Å²) in [6.07, 6.45) is 0. The average molecular weight is 537 g/mol. The van der Waals surface area contributed by atoms with E-state index >= 15 is 0 Å². The molecule has 1 unspecified atom stereocenters. The van der Waals surface area contributed by atoms with E-state index < -0.39 is 5.25 Å². The largest absolute Gasteiger partial charge is 0.497 e. The molecule has 5 nitrogen and oxygen atoms in total. The minimum Gasteiger partial charge on any atom is -0.497 e. The molecule has 0 saturated carbocycles. The van der Waals surface area contributed by atoms with Gasteiger partial charge in [-0.2, -0.15) is 0 Å². The standard InChI is InChI=1S/C28H22Cl2N2O3S/c1-35-22-9-5-8-19(16-22)27(33)31-21-11-13-23(14-12-21)36-26(18-6-3-2-4-7-18)28(34)32-25-17-20(29)10-15-24(25)30/h2-17,26H,1H3,(H,31,33)(H,32,34). The first-order valence-corrected chi connectivity index (χ1v) is 12.6. The first kappa shape index (κ1) is 25.6. The van der Waals surface area contributed by atoms with Gasteiger partial charge in [-0.05, 0) is 66.2 Å². The van der Waals surface area contributed by atoms with Gasteiger partial charge in [0.05, 0.1) is 17.8 Å². The van der Waals surface area contributed by atoms with Crippen molar-refractivity contribution in [3.05, 3.63) is 118 Å². The molecule has 0 aliphatic rings. The molecule has 0 heterocycles. The van der Waals surface area contributed by atoms with E-state index in [4.69, 9.17) is 27.9 Å². The van der Waals surface area contributed by atoms with E-state index in [0.717, 1.165) is 10.5 Å². The zero-order valence-electron chi connectivity index (χ0n) is 19.2. The maximum absolute atomic E-state index is 13.3. The zero-order chi connectivity index (χ0) is 25.5. The van der Waals surface area contributed by atoms with Gasteiger partial charge in [-0.1, -0.05) is 59.6 Å². The number of hydrogen-bond acceptors (Lipinski definition) is 4. The van der Waals surface area contributed by atoms with Crippen molar-refractivity contribution in [3.63, 3.8) is 0 Å². The minimum atomic E-state index is -0.543. The topological polar surface area (TPSA) is 67.4 Å². The van der Waals surface area contributed by atoms with Crippen molar-refractivity contribution in [2.75, 3.05) is 17.7 Å². The summed E-state index contributed by atoms with van der Waals surface area (Å²) < 4.78 is 5.18. The molecular weight excluding hydrogens is 515 g/mol. The Morgan fingerprint density at radius 3 is 2.31 bits per heavy atom. The van der Waals surface area contributed by atoms with Crippen molar-refractivity contribution in [1.82, 2.24) is 0 Å². The maximum Gasteiger partial charge on any atom is 0.255 e. The fraction of sp³-hybridized carbons (Fsp3) is 0.0714.